The van der Waals surface area contributed by atoms with Gasteiger partial charge in [-0.3, -0.25) is 14.2 Å². The minimum Gasteiger partial charge on any atom is -0.452 e. The Balaban J connectivity index is 1.41. The second kappa shape index (κ2) is 9.96. The molecule has 0 radical (unpaired) electrons. The normalized spacial score (nSPS) is 13.8. The Morgan fingerprint density at radius 2 is 1.83 bits per heavy atom. The maximum Gasteiger partial charge on any atom is 0.338 e. The molecule has 0 spiro atoms. The van der Waals surface area contributed by atoms with Crippen molar-refractivity contribution in [1.29, 1.82) is 0 Å². The van der Waals surface area contributed by atoms with E-state index in [0.717, 1.165) is 23.6 Å². The lowest BCUT2D eigenvalue weighted by molar-refractivity contribution is -0.119. The molecule has 10 nitrogen and oxygen atoms in total. The molecule has 35 heavy (non-hydrogen) atoms. The first kappa shape index (κ1) is 24.6. The van der Waals surface area contributed by atoms with Gasteiger partial charge in [0.2, 0.25) is 10.0 Å². The van der Waals surface area contributed by atoms with E-state index in [1.54, 1.807) is 10.6 Å². The number of esters is 1. The van der Waals surface area contributed by atoms with Crippen molar-refractivity contribution in [3.63, 3.8) is 0 Å². The highest BCUT2D eigenvalue weighted by atomic mass is 32.2. The molecule has 2 aromatic carbocycles. The van der Waals surface area contributed by atoms with E-state index in [0.29, 0.717) is 35.4 Å². The Bertz CT molecular complexity index is 1450. The molecule has 1 aliphatic heterocycles. The molecule has 0 unspecified atom stereocenters. The number of aromatic nitrogens is 2. The van der Waals surface area contributed by atoms with Crippen LogP contribution in [0.25, 0.3) is 10.9 Å². The summed E-state index contributed by atoms with van der Waals surface area (Å²) in [5.41, 5.74) is 0.860. The number of hydrogen-bond acceptors (Lipinski definition) is 7. The van der Waals surface area contributed by atoms with Gasteiger partial charge >= 0.3 is 5.97 Å². The minimum absolute atomic E-state index is 0.0911. The van der Waals surface area contributed by atoms with Crippen molar-refractivity contribution >= 4 is 38.5 Å². The predicted molar refractivity (Wildman–Crippen MR) is 130 cm³/mol. The Hall–Kier alpha value is -3.57. The molecule has 0 bridgehead atoms. The first-order chi connectivity index (χ1) is 16.7. The largest absolute Gasteiger partial charge is 0.452 e. The molecule has 3 aromatic rings. The van der Waals surface area contributed by atoms with Crippen molar-refractivity contribution in [2.45, 2.75) is 37.1 Å². The van der Waals surface area contributed by atoms with Crippen LogP contribution in [-0.2, 0) is 32.5 Å². The summed E-state index contributed by atoms with van der Waals surface area (Å²) in [6, 6.07) is 10.2. The second-order valence-corrected chi connectivity index (χ2v) is 10.6. The topological polar surface area (TPSA) is 128 Å². The Labute approximate surface area is 202 Å². The first-order valence-corrected chi connectivity index (χ1v) is 12.6. The van der Waals surface area contributed by atoms with Gasteiger partial charge in [0.1, 0.15) is 5.82 Å². The SMILES string of the molecule is CN(C)S(=O)(=O)c1ccc(NC(=O)COC(=O)c2ccc3c(=O)n4c(nc3c2)CCCCC4)cc1. The monoisotopic (exact) mass is 498 g/mol. The van der Waals surface area contributed by atoms with Gasteiger partial charge in [-0.1, -0.05) is 6.42 Å². The van der Waals surface area contributed by atoms with Crippen molar-refractivity contribution in [1.82, 2.24) is 13.9 Å². The van der Waals surface area contributed by atoms with Gasteiger partial charge in [-0.15, -0.1) is 0 Å². The fourth-order valence-electron chi connectivity index (χ4n) is 3.88. The van der Waals surface area contributed by atoms with E-state index >= 15 is 0 Å². The lowest BCUT2D eigenvalue weighted by Gasteiger charge is -2.12. The average Bonchev–Trinajstić information content (AvgIpc) is 3.08. The average molecular weight is 499 g/mol. The highest BCUT2D eigenvalue weighted by Crippen LogP contribution is 2.18. The summed E-state index contributed by atoms with van der Waals surface area (Å²) in [5.74, 6) is -0.579. The number of sulfonamides is 1. The number of anilines is 1. The zero-order chi connectivity index (χ0) is 25.2. The molecule has 0 saturated heterocycles. The van der Waals surface area contributed by atoms with Gasteiger partial charge in [-0.2, -0.15) is 0 Å². The molecule has 11 heteroatoms. The van der Waals surface area contributed by atoms with Crippen LogP contribution in [0.5, 0.6) is 0 Å². The molecule has 0 saturated carbocycles. The van der Waals surface area contributed by atoms with E-state index in [1.807, 2.05) is 0 Å². The number of nitrogens with zero attached hydrogens (tertiary/aromatic N) is 3. The van der Waals surface area contributed by atoms with Crippen LogP contribution < -0.4 is 10.9 Å². The first-order valence-electron chi connectivity index (χ1n) is 11.2. The number of fused-ring (bicyclic) bond motifs is 2. The van der Waals surface area contributed by atoms with Crippen LogP contribution in [0.15, 0.2) is 52.2 Å². The van der Waals surface area contributed by atoms with Gasteiger partial charge in [0, 0.05) is 32.7 Å². The number of benzene rings is 2. The molecule has 4 rings (SSSR count). The van der Waals surface area contributed by atoms with Gasteiger partial charge in [0.05, 0.1) is 21.4 Å². The van der Waals surface area contributed by atoms with Gasteiger partial charge in [-0.25, -0.2) is 22.5 Å². The highest BCUT2D eigenvalue weighted by molar-refractivity contribution is 7.89. The number of carbonyl (C=O) groups is 2. The van der Waals surface area contributed by atoms with Gasteiger partial charge in [0.25, 0.3) is 11.5 Å². The van der Waals surface area contributed by atoms with Crippen LogP contribution in [0, 0.1) is 0 Å². The lowest BCUT2D eigenvalue weighted by atomic mass is 10.1. The van der Waals surface area contributed by atoms with Crippen molar-refractivity contribution in [2.75, 3.05) is 26.0 Å². The van der Waals surface area contributed by atoms with E-state index in [1.165, 1.54) is 50.5 Å². The summed E-state index contributed by atoms with van der Waals surface area (Å²) in [4.78, 5) is 42.2. The highest BCUT2D eigenvalue weighted by Gasteiger charge is 2.18. The molecule has 2 heterocycles. The van der Waals surface area contributed by atoms with E-state index in [-0.39, 0.29) is 16.0 Å². The Kier molecular flexibility index (Phi) is 6.99. The molecule has 1 amide bonds. The van der Waals surface area contributed by atoms with Crippen LogP contribution in [0.3, 0.4) is 0 Å². The van der Waals surface area contributed by atoms with E-state index in [2.05, 4.69) is 10.3 Å². The minimum atomic E-state index is -3.57. The molecule has 0 aliphatic carbocycles. The molecular formula is C24H26N4O6S. The predicted octanol–water partition coefficient (Wildman–Crippen LogP) is 2.17. The van der Waals surface area contributed by atoms with Crippen molar-refractivity contribution in [3.8, 4) is 0 Å². The van der Waals surface area contributed by atoms with Crippen LogP contribution in [0.1, 0.15) is 35.4 Å². The molecular weight excluding hydrogens is 472 g/mol. The third kappa shape index (κ3) is 5.25. The molecule has 184 valence electrons. The van der Waals surface area contributed by atoms with Crippen LogP contribution in [-0.4, -0.2) is 54.9 Å². The van der Waals surface area contributed by atoms with Crippen LogP contribution in [0.2, 0.25) is 0 Å². The fourth-order valence-corrected chi connectivity index (χ4v) is 4.78. The number of aryl methyl sites for hydroxylation is 1. The van der Waals surface area contributed by atoms with Crippen molar-refractivity contribution in [2.24, 2.45) is 0 Å². The van der Waals surface area contributed by atoms with Crippen molar-refractivity contribution < 1.29 is 22.7 Å². The Morgan fingerprint density at radius 3 is 2.54 bits per heavy atom. The zero-order valence-corrected chi connectivity index (χ0v) is 20.3. The maximum absolute atomic E-state index is 12.8. The van der Waals surface area contributed by atoms with Crippen molar-refractivity contribution in [3.05, 3.63) is 64.2 Å². The number of hydrogen-bond donors (Lipinski definition) is 1. The zero-order valence-electron chi connectivity index (χ0n) is 19.5. The summed E-state index contributed by atoms with van der Waals surface area (Å²) in [6.07, 6.45) is 3.65. The summed E-state index contributed by atoms with van der Waals surface area (Å²) in [6.45, 7) is 0.110. The molecule has 1 N–H and O–H groups in total. The lowest BCUT2D eigenvalue weighted by Crippen LogP contribution is -2.25. The molecule has 0 atom stereocenters. The standard InChI is InChI=1S/C24H26N4O6S/c1-27(2)35(32,33)18-10-8-17(9-11-18)25-22(29)15-34-24(31)16-7-12-19-20(14-16)26-21-6-4-3-5-13-28(21)23(19)30/h7-12,14H,3-6,13,15H2,1-2H3,(H,25,29). The third-order valence-electron chi connectivity index (χ3n) is 5.80. The second-order valence-electron chi connectivity index (χ2n) is 8.46. The number of amides is 1. The number of rotatable bonds is 6. The van der Waals surface area contributed by atoms with E-state index in [4.69, 9.17) is 4.74 Å². The van der Waals surface area contributed by atoms with Crippen LogP contribution in [0.4, 0.5) is 5.69 Å². The van der Waals surface area contributed by atoms with Crippen LogP contribution >= 0.6 is 0 Å². The smallest absolute Gasteiger partial charge is 0.338 e. The third-order valence-corrected chi connectivity index (χ3v) is 7.63. The summed E-state index contributed by atoms with van der Waals surface area (Å²) < 4.78 is 32.2. The molecule has 1 aliphatic rings. The van der Waals surface area contributed by atoms with Gasteiger partial charge < -0.3 is 10.1 Å². The Morgan fingerprint density at radius 1 is 1.09 bits per heavy atom. The number of nitrogens with one attached hydrogen (secondary N) is 1. The quantitative estimate of drug-likeness (QED) is 0.516. The molecule has 1 aromatic heterocycles. The van der Waals surface area contributed by atoms with Gasteiger partial charge in [-0.05, 0) is 55.3 Å². The molecule has 0 fully saturated rings. The maximum atomic E-state index is 12.8. The fraction of sp³-hybridized carbons (Fsp3) is 0.333. The van der Waals surface area contributed by atoms with E-state index < -0.39 is 28.5 Å². The summed E-state index contributed by atoms with van der Waals surface area (Å²) >= 11 is 0. The van der Waals surface area contributed by atoms with Gasteiger partial charge in [0.15, 0.2) is 6.61 Å². The summed E-state index contributed by atoms with van der Waals surface area (Å²) in [7, 11) is -0.716. The number of carbonyl (C=O) groups excluding carboxylic acids is 2. The van der Waals surface area contributed by atoms with E-state index in [9.17, 15) is 22.8 Å². The summed E-state index contributed by atoms with van der Waals surface area (Å²) in [5, 5.41) is 2.99. The number of ether oxygens (including phenoxy) is 1.